The molecule has 2 rings (SSSR count). The molecule has 0 saturated carbocycles. The van der Waals surface area contributed by atoms with Crippen LogP contribution < -0.4 is 4.74 Å². The molecule has 2 heterocycles. The van der Waals surface area contributed by atoms with Crippen LogP contribution >= 0.6 is 0 Å². The van der Waals surface area contributed by atoms with Crippen LogP contribution in [-0.2, 0) is 4.74 Å². The number of amides is 1. The van der Waals surface area contributed by atoms with Crippen LogP contribution in [0.4, 0.5) is 9.18 Å². The van der Waals surface area contributed by atoms with Crippen molar-refractivity contribution in [3.05, 3.63) is 24.1 Å². The third-order valence-electron chi connectivity index (χ3n) is 3.61. The summed E-state index contributed by atoms with van der Waals surface area (Å²) in [4.78, 5) is 17.8. The molecule has 0 aliphatic carbocycles. The number of ether oxygens (including phenoxy) is 2. The molecule has 1 amide bonds. The van der Waals surface area contributed by atoms with Crippen molar-refractivity contribution < 1.29 is 18.7 Å². The number of nitrogens with zero attached hydrogens (tertiary/aromatic N) is 2. The van der Waals surface area contributed by atoms with Gasteiger partial charge < -0.3 is 9.47 Å². The average molecular weight is 310 g/mol. The van der Waals surface area contributed by atoms with Gasteiger partial charge in [0.05, 0.1) is 5.54 Å². The summed E-state index contributed by atoms with van der Waals surface area (Å²) in [5.41, 5.74) is -1.07. The Hall–Kier alpha value is -1.85. The lowest BCUT2D eigenvalue weighted by Crippen LogP contribution is -2.50. The Labute approximate surface area is 130 Å². The predicted octanol–water partition coefficient (Wildman–Crippen LogP) is 3.39. The molecule has 1 aromatic rings. The van der Waals surface area contributed by atoms with Gasteiger partial charge in [-0.25, -0.2) is 14.2 Å². The van der Waals surface area contributed by atoms with E-state index in [0.29, 0.717) is 6.54 Å². The van der Waals surface area contributed by atoms with Crippen LogP contribution in [0.25, 0.3) is 0 Å². The molecule has 1 atom stereocenters. The first-order valence-electron chi connectivity index (χ1n) is 7.45. The average Bonchev–Trinajstić information content (AvgIpc) is 2.78. The van der Waals surface area contributed by atoms with Gasteiger partial charge in [-0.2, -0.15) is 0 Å². The van der Waals surface area contributed by atoms with Crippen molar-refractivity contribution in [2.45, 2.75) is 51.7 Å². The van der Waals surface area contributed by atoms with E-state index in [4.69, 9.17) is 9.47 Å². The fraction of sp³-hybridized carbons (Fsp3) is 0.625. The van der Waals surface area contributed by atoms with E-state index in [1.807, 2.05) is 27.7 Å². The number of hydrogen-bond acceptors (Lipinski definition) is 4. The molecule has 5 nitrogen and oxygen atoms in total. The quantitative estimate of drug-likeness (QED) is 0.858. The molecular weight excluding hydrogens is 287 g/mol. The molecule has 0 spiro atoms. The number of pyridine rings is 1. The van der Waals surface area contributed by atoms with Gasteiger partial charge in [-0.05, 0) is 52.7 Å². The second-order valence-corrected chi connectivity index (χ2v) is 6.81. The van der Waals surface area contributed by atoms with Crippen LogP contribution in [0, 0.1) is 5.82 Å². The molecule has 1 aliphatic heterocycles. The second kappa shape index (κ2) is 6.10. The number of halogens is 1. The van der Waals surface area contributed by atoms with E-state index in [-0.39, 0.29) is 18.6 Å². The number of carbonyl (C=O) groups excluding carboxylic acids is 1. The summed E-state index contributed by atoms with van der Waals surface area (Å²) in [7, 11) is 0. The van der Waals surface area contributed by atoms with Gasteiger partial charge in [-0.15, -0.1) is 0 Å². The van der Waals surface area contributed by atoms with Crippen LogP contribution in [0.5, 0.6) is 5.88 Å². The smallest absolute Gasteiger partial charge is 0.410 e. The monoisotopic (exact) mass is 310 g/mol. The van der Waals surface area contributed by atoms with Crippen LogP contribution in [0.1, 0.15) is 40.5 Å². The predicted molar refractivity (Wildman–Crippen MR) is 80.3 cm³/mol. The third kappa shape index (κ3) is 3.87. The first-order chi connectivity index (χ1) is 10.2. The lowest BCUT2D eigenvalue weighted by Gasteiger charge is -2.35. The minimum absolute atomic E-state index is 0.0419. The number of carbonyl (C=O) groups is 1. The molecule has 0 N–H and O–H groups in total. The molecule has 1 aromatic heterocycles. The first kappa shape index (κ1) is 16.5. The Kier molecular flexibility index (Phi) is 4.58. The molecule has 0 radical (unpaired) electrons. The van der Waals surface area contributed by atoms with Gasteiger partial charge in [0.2, 0.25) is 5.88 Å². The normalized spacial score (nSPS) is 21.8. The van der Waals surface area contributed by atoms with Crippen LogP contribution in [-0.4, -0.2) is 40.3 Å². The van der Waals surface area contributed by atoms with Crippen molar-refractivity contribution in [2.75, 3.05) is 13.2 Å². The molecule has 0 bridgehead atoms. The lowest BCUT2D eigenvalue weighted by molar-refractivity contribution is 0.00177. The molecule has 1 fully saturated rings. The second-order valence-electron chi connectivity index (χ2n) is 6.81. The zero-order valence-corrected chi connectivity index (χ0v) is 13.6. The topological polar surface area (TPSA) is 51.7 Å². The highest BCUT2D eigenvalue weighted by atomic mass is 19.1. The molecule has 1 saturated heterocycles. The van der Waals surface area contributed by atoms with E-state index >= 15 is 0 Å². The Balaban J connectivity index is 2.04. The van der Waals surface area contributed by atoms with Crippen molar-refractivity contribution in [1.82, 2.24) is 9.88 Å². The summed E-state index contributed by atoms with van der Waals surface area (Å²) in [6.07, 6.45) is 2.75. The van der Waals surface area contributed by atoms with E-state index in [2.05, 4.69) is 4.98 Å². The van der Waals surface area contributed by atoms with Gasteiger partial charge in [-0.3, -0.25) is 4.90 Å². The fourth-order valence-corrected chi connectivity index (χ4v) is 2.50. The van der Waals surface area contributed by atoms with Crippen molar-refractivity contribution >= 4 is 6.09 Å². The van der Waals surface area contributed by atoms with E-state index in [0.717, 1.165) is 12.8 Å². The fourth-order valence-electron chi connectivity index (χ4n) is 2.50. The maximum Gasteiger partial charge on any atom is 0.410 e. The minimum Gasteiger partial charge on any atom is -0.473 e. The maximum absolute atomic E-state index is 13.6. The van der Waals surface area contributed by atoms with Crippen molar-refractivity contribution in [3.8, 4) is 5.88 Å². The summed E-state index contributed by atoms with van der Waals surface area (Å²) in [5.74, 6) is -0.548. The summed E-state index contributed by atoms with van der Waals surface area (Å²) < 4.78 is 24.5. The zero-order valence-electron chi connectivity index (χ0n) is 13.6. The largest absolute Gasteiger partial charge is 0.473 e. The van der Waals surface area contributed by atoms with Crippen LogP contribution in [0.2, 0.25) is 0 Å². The van der Waals surface area contributed by atoms with Crippen LogP contribution in [0.3, 0.4) is 0 Å². The highest BCUT2D eigenvalue weighted by Gasteiger charge is 2.42. The van der Waals surface area contributed by atoms with E-state index in [1.165, 1.54) is 18.3 Å². The lowest BCUT2D eigenvalue weighted by atomic mass is 10.0. The van der Waals surface area contributed by atoms with E-state index in [1.54, 1.807) is 4.90 Å². The molecule has 22 heavy (non-hydrogen) atoms. The maximum atomic E-state index is 13.6. The third-order valence-corrected chi connectivity index (χ3v) is 3.61. The van der Waals surface area contributed by atoms with Crippen molar-refractivity contribution in [1.29, 1.82) is 0 Å². The van der Waals surface area contributed by atoms with Gasteiger partial charge in [0, 0.05) is 12.7 Å². The summed E-state index contributed by atoms with van der Waals surface area (Å²) in [5, 5.41) is 0. The molecule has 0 aromatic carbocycles. The van der Waals surface area contributed by atoms with E-state index in [9.17, 15) is 9.18 Å². The SMILES string of the molecule is CC(C)(C)OC(=O)N1CCC[C@@]1(C)COc1ncccc1F. The van der Waals surface area contributed by atoms with Crippen molar-refractivity contribution in [3.63, 3.8) is 0 Å². The number of likely N-dealkylation sites (tertiary alicyclic amines) is 1. The Morgan fingerprint density at radius 1 is 1.50 bits per heavy atom. The Morgan fingerprint density at radius 2 is 2.23 bits per heavy atom. The van der Waals surface area contributed by atoms with Gasteiger partial charge in [0.1, 0.15) is 12.2 Å². The van der Waals surface area contributed by atoms with Crippen LogP contribution in [0.15, 0.2) is 18.3 Å². The van der Waals surface area contributed by atoms with Gasteiger partial charge in [0.15, 0.2) is 5.82 Å². The zero-order chi connectivity index (χ0) is 16.4. The molecule has 6 heteroatoms. The number of rotatable bonds is 3. The minimum atomic E-state index is -0.547. The summed E-state index contributed by atoms with van der Waals surface area (Å²) >= 11 is 0. The van der Waals surface area contributed by atoms with Crippen molar-refractivity contribution in [2.24, 2.45) is 0 Å². The standard InChI is InChI=1S/C16H23FN2O3/c1-15(2,3)22-14(20)19-10-6-8-16(19,4)11-21-13-12(17)7-5-9-18-13/h5,7,9H,6,8,10-11H2,1-4H3/t16-/m0/s1. The highest BCUT2D eigenvalue weighted by Crippen LogP contribution is 2.31. The Bertz CT molecular complexity index is 544. The molecule has 122 valence electrons. The molecule has 1 aliphatic rings. The highest BCUT2D eigenvalue weighted by molar-refractivity contribution is 5.69. The number of hydrogen-bond donors (Lipinski definition) is 0. The number of aromatic nitrogens is 1. The molecule has 0 unspecified atom stereocenters. The van der Waals surface area contributed by atoms with Gasteiger partial charge in [-0.1, -0.05) is 0 Å². The summed E-state index contributed by atoms with van der Waals surface area (Å²) in [6.45, 7) is 8.21. The molecular formula is C16H23FN2O3. The van der Waals surface area contributed by atoms with E-state index < -0.39 is 17.0 Å². The summed E-state index contributed by atoms with van der Waals surface area (Å²) in [6, 6.07) is 2.80. The van der Waals surface area contributed by atoms with Gasteiger partial charge >= 0.3 is 6.09 Å². The Morgan fingerprint density at radius 3 is 2.86 bits per heavy atom. The van der Waals surface area contributed by atoms with Gasteiger partial charge in [0.25, 0.3) is 0 Å². The first-order valence-corrected chi connectivity index (χ1v) is 7.45.